The lowest BCUT2D eigenvalue weighted by Crippen LogP contribution is -2.36. The van der Waals surface area contributed by atoms with E-state index in [0.29, 0.717) is 39.7 Å². The Balaban J connectivity index is 2.46. The second-order valence-electron chi connectivity index (χ2n) is 5.76. The first-order valence-corrected chi connectivity index (χ1v) is 7.02. The molecule has 0 atom stereocenters. The van der Waals surface area contributed by atoms with Crippen LogP contribution in [0, 0.1) is 5.82 Å². The van der Waals surface area contributed by atoms with Crippen LogP contribution in [0.1, 0.15) is 25.0 Å². The lowest BCUT2D eigenvalue weighted by atomic mass is 9.70. The van der Waals surface area contributed by atoms with E-state index >= 15 is 0 Å². The number of ether oxygens (including phenoxy) is 1. The predicted octanol–water partition coefficient (Wildman–Crippen LogP) is 2.52. The summed E-state index contributed by atoms with van der Waals surface area (Å²) >= 11 is 0. The molecule has 1 aromatic carbocycles. The SMILES string of the molecule is CO/N=C1\c2cc(OC)cc(F)c2-c2ncnc(N)c2C1(C)C. The fourth-order valence-corrected chi connectivity index (χ4v) is 3.04. The van der Waals surface area contributed by atoms with Crippen LogP contribution in [-0.4, -0.2) is 29.9 Å². The summed E-state index contributed by atoms with van der Waals surface area (Å²) in [4.78, 5) is 13.3. The minimum atomic E-state index is -0.650. The molecule has 23 heavy (non-hydrogen) atoms. The summed E-state index contributed by atoms with van der Waals surface area (Å²) in [6.07, 6.45) is 1.33. The molecular weight excluding hydrogens is 299 g/mol. The average Bonchev–Trinajstić information content (AvgIpc) is 2.50. The van der Waals surface area contributed by atoms with Crippen molar-refractivity contribution in [2.75, 3.05) is 20.0 Å². The maximum absolute atomic E-state index is 14.7. The third-order valence-electron chi connectivity index (χ3n) is 4.07. The van der Waals surface area contributed by atoms with Crippen LogP contribution in [0.5, 0.6) is 5.75 Å². The van der Waals surface area contributed by atoms with Crippen LogP contribution in [0.3, 0.4) is 0 Å². The van der Waals surface area contributed by atoms with Crippen molar-refractivity contribution in [1.82, 2.24) is 9.97 Å². The minimum Gasteiger partial charge on any atom is -0.497 e. The zero-order chi connectivity index (χ0) is 16.8. The van der Waals surface area contributed by atoms with Gasteiger partial charge < -0.3 is 15.3 Å². The summed E-state index contributed by atoms with van der Waals surface area (Å²) in [5, 5.41) is 4.12. The molecule has 0 aliphatic heterocycles. The Labute approximate surface area is 133 Å². The van der Waals surface area contributed by atoms with Crippen LogP contribution in [0.4, 0.5) is 10.2 Å². The fraction of sp³-hybridized carbons (Fsp3) is 0.312. The molecule has 0 amide bonds. The summed E-state index contributed by atoms with van der Waals surface area (Å²) < 4.78 is 19.9. The molecule has 2 N–H and O–H groups in total. The van der Waals surface area contributed by atoms with Crippen molar-refractivity contribution in [1.29, 1.82) is 0 Å². The van der Waals surface area contributed by atoms with E-state index in [2.05, 4.69) is 15.1 Å². The number of fused-ring (bicyclic) bond motifs is 3. The van der Waals surface area contributed by atoms with Crippen LogP contribution in [-0.2, 0) is 10.3 Å². The number of nitrogens with zero attached hydrogens (tertiary/aromatic N) is 3. The van der Waals surface area contributed by atoms with Crippen LogP contribution in [0.25, 0.3) is 11.3 Å². The number of methoxy groups -OCH3 is 1. The van der Waals surface area contributed by atoms with Gasteiger partial charge in [-0.3, -0.25) is 0 Å². The van der Waals surface area contributed by atoms with Gasteiger partial charge in [-0.05, 0) is 19.9 Å². The van der Waals surface area contributed by atoms with Crippen LogP contribution in [0.15, 0.2) is 23.6 Å². The monoisotopic (exact) mass is 316 g/mol. The zero-order valence-corrected chi connectivity index (χ0v) is 13.3. The standard InChI is InChI=1S/C16H17FN4O2/c1-16(2)12-13(19-7-20-15(12)18)11-9(14(16)21-23-4)5-8(22-3)6-10(11)17/h5-7H,1-4H3,(H2,18,19,20)/b21-14+. The number of halogens is 1. The summed E-state index contributed by atoms with van der Waals surface area (Å²) in [6, 6.07) is 3.03. The number of hydrogen-bond donors (Lipinski definition) is 1. The van der Waals surface area contributed by atoms with Gasteiger partial charge in [-0.1, -0.05) is 5.16 Å². The third kappa shape index (κ3) is 2.11. The van der Waals surface area contributed by atoms with Crippen molar-refractivity contribution >= 4 is 11.5 Å². The van der Waals surface area contributed by atoms with Crippen LogP contribution in [0.2, 0.25) is 0 Å². The first kappa shape index (κ1) is 15.2. The maximum atomic E-state index is 14.7. The van der Waals surface area contributed by atoms with Gasteiger partial charge in [0.15, 0.2) is 0 Å². The molecule has 0 bridgehead atoms. The van der Waals surface area contributed by atoms with Gasteiger partial charge in [0.05, 0.1) is 18.5 Å². The third-order valence-corrected chi connectivity index (χ3v) is 4.07. The Morgan fingerprint density at radius 1 is 1.22 bits per heavy atom. The molecule has 1 heterocycles. The van der Waals surface area contributed by atoms with Gasteiger partial charge in [-0.15, -0.1) is 0 Å². The van der Waals surface area contributed by atoms with E-state index in [1.165, 1.54) is 26.6 Å². The molecule has 6 nitrogen and oxygen atoms in total. The molecule has 1 aromatic heterocycles. The number of hydrogen-bond acceptors (Lipinski definition) is 6. The molecule has 120 valence electrons. The molecule has 0 radical (unpaired) electrons. The van der Waals surface area contributed by atoms with E-state index in [1.54, 1.807) is 6.07 Å². The summed E-state index contributed by atoms with van der Waals surface area (Å²) in [5.41, 5.74) is 7.93. The minimum absolute atomic E-state index is 0.296. The van der Waals surface area contributed by atoms with Gasteiger partial charge in [0.1, 0.15) is 30.8 Å². The molecule has 0 saturated carbocycles. The lowest BCUT2D eigenvalue weighted by molar-refractivity contribution is 0.211. The number of rotatable bonds is 2. The van der Waals surface area contributed by atoms with Crippen molar-refractivity contribution < 1.29 is 14.0 Å². The predicted molar refractivity (Wildman–Crippen MR) is 85.0 cm³/mol. The van der Waals surface area contributed by atoms with Crippen molar-refractivity contribution in [3.63, 3.8) is 0 Å². The molecule has 2 aromatic rings. The van der Waals surface area contributed by atoms with Crippen LogP contribution < -0.4 is 10.5 Å². The first-order valence-electron chi connectivity index (χ1n) is 7.02. The number of aromatic nitrogens is 2. The maximum Gasteiger partial charge on any atom is 0.136 e. The van der Waals surface area contributed by atoms with Crippen molar-refractivity contribution in [3.05, 3.63) is 35.4 Å². The van der Waals surface area contributed by atoms with E-state index in [1.807, 2.05) is 13.8 Å². The van der Waals surface area contributed by atoms with E-state index in [0.717, 1.165) is 0 Å². The lowest BCUT2D eigenvalue weighted by Gasteiger charge is -2.34. The fourth-order valence-electron chi connectivity index (χ4n) is 3.04. The molecule has 0 spiro atoms. The highest BCUT2D eigenvalue weighted by Gasteiger charge is 2.42. The van der Waals surface area contributed by atoms with E-state index in [4.69, 9.17) is 15.3 Å². The summed E-state index contributed by atoms with van der Waals surface area (Å²) in [5.74, 6) is 0.231. The van der Waals surface area contributed by atoms with Gasteiger partial charge in [-0.2, -0.15) is 0 Å². The van der Waals surface area contributed by atoms with Gasteiger partial charge in [0.2, 0.25) is 0 Å². The van der Waals surface area contributed by atoms with E-state index in [-0.39, 0.29) is 0 Å². The molecule has 0 saturated heterocycles. The Morgan fingerprint density at radius 3 is 2.61 bits per heavy atom. The molecular formula is C16H17FN4O2. The second kappa shape index (κ2) is 5.19. The van der Waals surface area contributed by atoms with E-state index in [9.17, 15) is 4.39 Å². The molecule has 0 fully saturated rings. The first-order chi connectivity index (χ1) is 10.9. The quantitative estimate of drug-likeness (QED) is 0.861. The molecule has 1 aliphatic carbocycles. The van der Waals surface area contributed by atoms with Gasteiger partial charge >= 0.3 is 0 Å². The number of nitrogens with two attached hydrogens (primary N) is 1. The number of oxime groups is 1. The highest BCUT2D eigenvalue weighted by atomic mass is 19.1. The Bertz CT molecular complexity index is 818. The topological polar surface area (TPSA) is 82.6 Å². The Morgan fingerprint density at radius 2 is 1.96 bits per heavy atom. The molecule has 3 rings (SSSR count). The highest BCUT2D eigenvalue weighted by molar-refractivity contribution is 6.15. The number of nitrogen functional groups attached to an aromatic ring is 1. The van der Waals surface area contributed by atoms with Crippen LogP contribution >= 0.6 is 0 Å². The zero-order valence-electron chi connectivity index (χ0n) is 13.3. The van der Waals surface area contributed by atoms with Gasteiger partial charge in [0, 0.05) is 28.2 Å². The number of anilines is 1. The number of benzene rings is 1. The van der Waals surface area contributed by atoms with E-state index < -0.39 is 11.2 Å². The van der Waals surface area contributed by atoms with Crippen molar-refractivity contribution in [3.8, 4) is 17.0 Å². The molecule has 7 heteroatoms. The Hall–Kier alpha value is -2.70. The molecule has 0 unspecified atom stereocenters. The van der Waals surface area contributed by atoms with Crippen molar-refractivity contribution in [2.45, 2.75) is 19.3 Å². The summed E-state index contributed by atoms with van der Waals surface area (Å²) in [6.45, 7) is 3.84. The normalized spacial score (nSPS) is 16.7. The largest absolute Gasteiger partial charge is 0.497 e. The van der Waals surface area contributed by atoms with Gasteiger partial charge in [0.25, 0.3) is 0 Å². The average molecular weight is 316 g/mol. The summed E-state index contributed by atoms with van der Waals surface area (Å²) in [7, 11) is 2.93. The Kier molecular flexibility index (Phi) is 3.43. The van der Waals surface area contributed by atoms with Crippen molar-refractivity contribution in [2.24, 2.45) is 5.16 Å². The van der Waals surface area contributed by atoms with Gasteiger partial charge in [-0.25, -0.2) is 14.4 Å². The highest BCUT2D eigenvalue weighted by Crippen LogP contribution is 2.46. The second-order valence-corrected chi connectivity index (χ2v) is 5.76. The molecule has 1 aliphatic rings. The smallest absolute Gasteiger partial charge is 0.136 e.